The Balaban J connectivity index is 2.26. The minimum Gasteiger partial charge on any atom is -0.350 e. The zero-order valence-electron chi connectivity index (χ0n) is 9.62. The fourth-order valence-corrected chi connectivity index (χ4v) is 1.18. The monoisotopic (exact) mass is 230 g/mol. The summed E-state index contributed by atoms with van der Waals surface area (Å²) >= 11 is 0. The third kappa shape index (κ3) is 5.38. The van der Waals surface area contributed by atoms with Gasteiger partial charge in [-0.2, -0.15) is 0 Å². The second-order valence-corrected chi connectivity index (χ2v) is 3.32. The van der Waals surface area contributed by atoms with E-state index in [2.05, 4.69) is 22.5 Å². The molecule has 0 atom stereocenters. The van der Waals surface area contributed by atoms with E-state index in [1.165, 1.54) is 0 Å². The Hall–Kier alpha value is -2.28. The molecule has 0 aromatic heterocycles. The molecule has 4 heteroatoms. The van der Waals surface area contributed by atoms with Crippen LogP contribution in [0.4, 0.5) is 0 Å². The van der Waals surface area contributed by atoms with E-state index >= 15 is 0 Å². The highest BCUT2D eigenvalue weighted by atomic mass is 16.2. The summed E-state index contributed by atoms with van der Waals surface area (Å²) in [5.41, 5.74) is 1.01. The van der Waals surface area contributed by atoms with E-state index in [0.717, 1.165) is 5.56 Å². The number of rotatable bonds is 4. The molecular weight excluding hydrogens is 216 g/mol. The maximum Gasteiger partial charge on any atom is 0.296 e. The molecule has 2 N–H and O–H groups in total. The summed E-state index contributed by atoms with van der Waals surface area (Å²) in [7, 11) is 0. The zero-order chi connectivity index (χ0) is 12.5. The highest BCUT2D eigenvalue weighted by Gasteiger charge is 2.02. The third-order valence-corrected chi connectivity index (χ3v) is 1.98. The van der Waals surface area contributed by atoms with E-state index in [4.69, 9.17) is 0 Å². The van der Waals surface area contributed by atoms with Crippen molar-refractivity contribution >= 4 is 11.8 Å². The Kier molecular flexibility index (Phi) is 5.32. The molecule has 2 amide bonds. The van der Waals surface area contributed by atoms with Crippen LogP contribution in [0.15, 0.2) is 30.3 Å². The number of carbonyl (C=O) groups is 2. The number of nitrogens with one attached hydrogen (secondary N) is 2. The van der Waals surface area contributed by atoms with Crippen molar-refractivity contribution in [1.82, 2.24) is 10.6 Å². The lowest BCUT2D eigenvalue weighted by molar-refractivity contribution is -0.123. The molecule has 0 fully saturated rings. The molecule has 1 rings (SSSR count). The number of hydrogen-bond donors (Lipinski definition) is 2. The number of hydrogen-bond acceptors (Lipinski definition) is 2. The molecule has 0 radical (unpaired) electrons. The van der Waals surface area contributed by atoms with Crippen LogP contribution < -0.4 is 10.6 Å². The minimum absolute atomic E-state index is 0.0552. The number of benzene rings is 1. The van der Waals surface area contributed by atoms with Crippen molar-refractivity contribution in [3.05, 3.63) is 35.9 Å². The van der Waals surface area contributed by atoms with Gasteiger partial charge in [-0.15, -0.1) is 0 Å². The molecule has 1 aromatic carbocycles. The first kappa shape index (κ1) is 12.8. The largest absolute Gasteiger partial charge is 0.350 e. The molecular formula is C13H14N2O2. The molecule has 0 unspecified atom stereocenters. The van der Waals surface area contributed by atoms with Crippen LogP contribution >= 0.6 is 0 Å². The molecule has 1 aromatic rings. The molecule has 88 valence electrons. The summed E-state index contributed by atoms with van der Waals surface area (Å²) in [4.78, 5) is 22.3. The predicted octanol–water partition coefficient (Wildman–Crippen LogP) is 0.442. The fourth-order valence-electron chi connectivity index (χ4n) is 1.18. The van der Waals surface area contributed by atoms with E-state index < -0.39 is 5.91 Å². The summed E-state index contributed by atoms with van der Waals surface area (Å²) in [6, 6.07) is 9.55. The number of amides is 2. The summed E-state index contributed by atoms with van der Waals surface area (Å²) < 4.78 is 0. The first-order valence-corrected chi connectivity index (χ1v) is 5.23. The fraction of sp³-hybridized carbons (Fsp3) is 0.231. The van der Waals surface area contributed by atoms with Crippen LogP contribution in [0.2, 0.25) is 0 Å². The predicted molar refractivity (Wildman–Crippen MR) is 64.7 cm³/mol. The normalized spacial score (nSPS) is 8.76. The topological polar surface area (TPSA) is 58.2 Å². The smallest absolute Gasteiger partial charge is 0.296 e. The minimum atomic E-state index is -0.442. The second-order valence-electron chi connectivity index (χ2n) is 3.32. The average molecular weight is 230 g/mol. The Morgan fingerprint density at radius 1 is 1.18 bits per heavy atom. The number of carbonyl (C=O) groups excluding carboxylic acids is 2. The van der Waals surface area contributed by atoms with Crippen LogP contribution in [-0.2, 0) is 16.1 Å². The summed E-state index contributed by atoms with van der Waals surface area (Å²) in [5, 5.41) is 5.09. The summed E-state index contributed by atoms with van der Waals surface area (Å²) in [6.07, 6.45) is 0. The molecule has 0 saturated carbocycles. The van der Waals surface area contributed by atoms with Crippen molar-refractivity contribution in [2.75, 3.05) is 6.54 Å². The molecule has 0 aliphatic heterocycles. The molecule has 0 saturated heterocycles. The summed E-state index contributed by atoms with van der Waals surface area (Å²) in [6.45, 7) is 1.96. The van der Waals surface area contributed by atoms with E-state index in [-0.39, 0.29) is 12.5 Å². The van der Waals surface area contributed by atoms with Gasteiger partial charge in [-0.3, -0.25) is 9.59 Å². The van der Waals surface area contributed by atoms with Crippen molar-refractivity contribution in [2.45, 2.75) is 13.5 Å². The van der Waals surface area contributed by atoms with Gasteiger partial charge in [-0.05, 0) is 18.4 Å². The Labute approximate surface area is 100 Å². The Morgan fingerprint density at radius 3 is 2.53 bits per heavy atom. The van der Waals surface area contributed by atoms with E-state index in [1.54, 1.807) is 6.92 Å². The second kappa shape index (κ2) is 7.07. The Morgan fingerprint density at radius 2 is 1.88 bits per heavy atom. The quantitative estimate of drug-likeness (QED) is 0.737. The van der Waals surface area contributed by atoms with Gasteiger partial charge in [0.25, 0.3) is 5.91 Å². The van der Waals surface area contributed by atoms with Crippen molar-refractivity contribution in [2.24, 2.45) is 0 Å². The maximum absolute atomic E-state index is 11.4. The van der Waals surface area contributed by atoms with Gasteiger partial charge >= 0.3 is 0 Å². The maximum atomic E-state index is 11.4. The molecule has 17 heavy (non-hydrogen) atoms. The van der Waals surface area contributed by atoms with Gasteiger partial charge in [-0.1, -0.05) is 36.3 Å². The van der Waals surface area contributed by atoms with E-state index in [0.29, 0.717) is 6.54 Å². The van der Waals surface area contributed by atoms with Crippen LogP contribution in [0, 0.1) is 11.8 Å². The molecule has 0 aliphatic rings. The average Bonchev–Trinajstić information content (AvgIpc) is 2.35. The highest BCUT2D eigenvalue weighted by Crippen LogP contribution is 1.96. The molecule has 0 heterocycles. The van der Waals surface area contributed by atoms with Gasteiger partial charge in [0, 0.05) is 6.54 Å². The molecule has 0 spiro atoms. The lowest BCUT2D eigenvalue weighted by Gasteiger charge is -2.05. The molecule has 4 nitrogen and oxygen atoms in total. The van der Waals surface area contributed by atoms with Gasteiger partial charge in [0.1, 0.15) is 0 Å². The van der Waals surface area contributed by atoms with Gasteiger partial charge < -0.3 is 10.6 Å². The van der Waals surface area contributed by atoms with Crippen LogP contribution in [0.1, 0.15) is 12.5 Å². The van der Waals surface area contributed by atoms with E-state index in [9.17, 15) is 9.59 Å². The van der Waals surface area contributed by atoms with Crippen LogP contribution in [0.5, 0.6) is 0 Å². The standard InChI is InChI=1S/C13H14N2O2/c1-2-6-12(16)15-10-13(17)14-9-11-7-4-3-5-8-11/h3-5,7-8H,9-10H2,1H3,(H,14,17)(H,15,16). The van der Waals surface area contributed by atoms with Crippen LogP contribution in [-0.4, -0.2) is 18.4 Å². The van der Waals surface area contributed by atoms with Crippen molar-refractivity contribution in [3.8, 4) is 11.8 Å². The van der Waals surface area contributed by atoms with Gasteiger partial charge in [0.2, 0.25) is 5.91 Å². The SMILES string of the molecule is CC#CC(=O)NCC(=O)NCc1ccccc1. The first-order chi connectivity index (χ1) is 8.22. The van der Waals surface area contributed by atoms with Gasteiger partial charge in [-0.25, -0.2) is 0 Å². The lowest BCUT2D eigenvalue weighted by atomic mass is 10.2. The van der Waals surface area contributed by atoms with Crippen molar-refractivity contribution < 1.29 is 9.59 Å². The van der Waals surface area contributed by atoms with Crippen LogP contribution in [0.25, 0.3) is 0 Å². The van der Waals surface area contributed by atoms with Crippen molar-refractivity contribution in [3.63, 3.8) is 0 Å². The molecule has 0 aliphatic carbocycles. The summed E-state index contributed by atoms with van der Waals surface area (Å²) in [5.74, 6) is 4.07. The van der Waals surface area contributed by atoms with E-state index in [1.807, 2.05) is 30.3 Å². The van der Waals surface area contributed by atoms with Gasteiger partial charge in [0.05, 0.1) is 6.54 Å². The van der Waals surface area contributed by atoms with Gasteiger partial charge in [0.15, 0.2) is 0 Å². The highest BCUT2D eigenvalue weighted by molar-refractivity contribution is 5.95. The third-order valence-electron chi connectivity index (χ3n) is 1.98. The zero-order valence-corrected chi connectivity index (χ0v) is 9.62. The van der Waals surface area contributed by atoms with Crippen LogP contribution in [0.3, 0.4) is 0 Å². The first-order valence-electron chi connectivity index (χ1n) is 5.23. The van der Waals surface area contributed by atoms with Crippen molar-refractivity contribution in [1.29, 1.82) is 0 Å². The lowest BCUT2D eigenvalue weighted by Crippen LogP contribution is -2.36. The molecule has 0 bridgehead atoms. The Bertz CT molecular complexity index is 443.